The van der Waals surface area contributed by atoms with Crippen molar-refractivity contribution in [1.29, 1.82) is 0 Å². The Balaban J connectivity index is 2.82. The number of carbonyl (C=O) groups excluding carboxylic acids is 1. The largest absolute Gasteiger partial charge is 0.324 e. The summed E-state index contributed by atoms with van der Waals surface area (Å²) in [6.07, 6.45) is 0.337. The first kappa shape index (κ1) is 10.2. The van der Waals surface area contributed by atoms with Gasteiger partial charge in [-0.25, -0.2) is 0 Å². The van der Waals surface area contributed by atoms with Gasteiger partial charge in [0.05, 0.1) is 0 Å². The summed E-state index contributed by atoms with van der Waals surface area (Å²) >= 11 is 5.91. The van der Waals surface area contributed by atoms with E-state index in [9.17, 15) is 4.79 Å². The van der Waals surface area contributed by atoms with Crippen LogP contribution in [0.3, 0.4) is 0 Å². The van der Waals surface area contributed by atoms with E-state index in [1.54, 1.807) is 6.07 Å². The van der Waals surface area contributed by atoms with Gasteiger partial charge in [-0.15, -0.1) is 0 Å². The molecule has 1 atom stereocenters. The Hall–Kier alpha value is -0.860. The maximum atomic E-state index is 10.8. The van der Waals surface area contributed by atoms with Gasteiger partial charge in [0.15, 0.2) is 0 Å². The number of hydrogen-bond donors (Lipinski definition) is 1. The topological polar surface area (TPSA) is 43.1 Å². The maximum Gasteiger partial charge on any atom is 0.131 e. The predicted octanol–water partition coefficient (Wildman–Crippen LogP) is 2.32. The molecule has 0 spiro atoms. The lowest BCUT2D eigenvalue weighted by atomic mass is 10.0. The fourth-order valence-electron chi connectivity index (χ4n) is 1.20. The molecule has 0 saturated carbocycles. The molecule has 13 heavy (non-hydrogen) atoms. The zero-order valence-corrected chi connectivity index (χ0v) is 8.21. The minimum absolute atomic E-state index is 0.0763. The molecule has 0 aliphatic carbocycles. The second kappa shape index (κ2) is 4.40. The second-order valence-corrected chi connectivity index (χ2v) is 3.44. The number of nitrogens with two attached hydrogens (primary N) is 1. The first-order valence-electron chi connectivity index (χ1n) is 4.10. The van der Waals surface area contributed by atoms with Crippen LogP contribution in [-0.4, -0.2) is 5.78 Å². The van der Waals surface area contributed by atoms with Crippen molar-refractivity contribution in [2.24, 2.45) is 5.73 Å². The molecule has 0 aromatic heterocycles. The fraction of sp³-hybridized carbons (Fsp3) is 0.300. The van der Waals surface area contributed by atoms with E-state index in [1.807, 2.05) is 18.2 Å². The van der Waals surface area contributed by atoms with Crippen molar-refractivity contribution < 1.29 is 4.79 Å². The van der Waals surface area contributed by atoms with Gasteiger partial charge in [0.2, 0.25) is 0 Å². The molecule has 0 aliphatic rings. The highest BCUT2D eigenvalue weighted by atomic mass is 35.5. The molecule has 0 fully saturated rings. The fourth-order valence-corrected chi connectivity index (χ4v) is 1.47. The molecular weight excluding hydrogens is 186 g/mol. The van der Waals surface area contributed by atoms with Crippen LogP contribution < -0.4 is 5.73 Å². The van der Waals surface area contributed by atoms with Gasteiger partial charge in [0.25, 0.3) is 0 Å². The highest BCUT2D eigenvalue weighted by molar-refractivity contribution is 6.31. The average Bonchev–Trinajstić information content (AvgIpc) is 2.03. The Kier molecular flexibility index (Phi) is 3.46. The molecule has 0 heterocycles. The summed E-state index contributed by atoms with van der Waals surface area (Å²) in [4.78, 5) is 10.8. The molecule has 70 valence electrons. The Morgan fingerprint density at radius 3 is 2.69 bits per heavy atom. The summed E-state index contributed by atoms with van der Waals surface area (Å²) in [5, 5.41) is 0.622. The SMILES string of the molecule is CC(=O)CC(N)c1ccccc1Cl. The summed E-state index contributed by atoms with van der Waals surface area (Å²) in [5.41, 5.74) is 6.62. The van der Waals surface area contributed by atoms with E-state index >= 15 is 0 Å². The summed E-state index contributed by atoms with van der Waals surface area (Å²) in [7, 11) is 0. The van der Waals surface area contributed by atoms with Crippen LogP contribution in [0, 0.1) is 0 Å². The van der Waals surface area contributed by atoms with Crippen molar-refractivity contribution in [3.8, 4) is 0 Å². The van der Waals surface area contributed by atoms with E-state index in [1.165, 1.54) is 6.92 Å². The maximum absolute atomic E-state index is 10.8. The van der Waals surface area contributed by atoms with Crippen molar-refractivity contribution in [3.05, 3.63) is 34.9 Å². The third-order valence-electron chi connectivity index (χ3n) is 1.81. The van der Waals surface area contributed by atoms with Crippen molar-refractivity contribution in [3.63, 3.8) is 0 Å². The molecule has 0 amide bonds. The standard InChI is InChI=1S/C10H12ClNO/c1-7(13)6-10(12)8-4-2-3-5-9(8)11/h2-5,10H,6,12H2,1H3. The van der Waals surface area contributed by atoms with Crippen molar-refractivity contribution in [2.75, 3.05) is 0 Å². The molecule has 0 aliphatic heterocycles. The van der Waals surface area contributed by atoms with E-state index < -0.39 is 0 Å². The quantitative estimate of drug-likeness (QED) is 0.808. The van der Waals surface area contributed by atoms with Gasteiger partial charge < -0.3 is 5.73 Å². The van der Waals surface area contributed by atoms with Crippen LogP contribution in [0.1, 0.15) is 24.9 Å². The predicted molar refractivity (Wildman–Crippen MR) is 53.7 cm³/mol. The van der Waals surface area contributed by atoms with Crippen LogP contribution in [0.25, 0.3) is 0 Å². The zero-order valence-electron chi connectivity index (χ0n) is 7.46. The lowest BCUT2D eigenvalue weighted by Crippen LogP contribution is -2.14. The Labute approximate surface area is 82.7 Å². The van der Waals surface area contributed by atoms with Gasteiger partial charge in [-0.05, 0) is 18.6 Å². The molecule has 0 saturated heterocycles. The Bertz CT molecular complexity index is 312. The summed E-state index contributed by atoms with van der Waals surface area (Å²) in [6, 6.07) is 7.03. The monoisotopic (exact) mass is 197 g/mol. The molecule has 0 bridgehead atoms. The zero-order chi connectivity index (χ0) is 9.84. The number of halogens is 1. The molecule has 1 rings (SSSR count). The first-order chi connectivity index (χ1) is 6.11. The van der Waals surface area contributed by atoms with Gasteiger partial charge in [-0.1, -0.05) is 29.8 Å². The van der Waals surface area contributed by atoms with Crippen LogP contribution >= 0.6 is 11.6 Å². The molecule has 1 aromatic rings. The minimum Gasteiger partial charge on any atom is -0.324 e. The number of Topliss-reactive ketones (excluding diaryl/α,β-unsaturated/α-hetero) is 1. The van der Waals surface area contributed by atoms with Gasteiger partial charge in [-0.2, -0.15) is 0 Å². The molecule has 0 radical (unpaired) electrons. The van der Waals surface area contributed by atoms with Gasteiger partial charge in [-0.3, -0.25) is 4.79 Å². The third kappa shape index (κ3) is 2.83. The number of benzene rings is 1. The van der Waals surface area contributed by atoms with Crippen molar-refractivity contribution in [2.45, 2.75) is 19.4 Å². The van der Waals surface area contributed by atoms with E-state index in [-0.39, 0.29) is 11.8 Å². The molecule has 2 N–H and O–H groups in total. The van der Waals surface area contributed by atoms with Crippen LogP contribution in [0.2, 0.25) is 5.02 Å². The lowest BCUT2D eigenvalue weighted by molar-refractivity contribution is -0.117. The van der Waals surface area contributed by atoms with E-state index in [4.69, 9.17) is 17.3 Å². The second-order valence-electron chi connectivity index (χ2n) is 3.03. The summed E-state index contributed by atoms with van der Waals surface area (Å²) in [6.45, 7) is 1.52. The Morgan fingerprint density at radius 2 is 2.15 bits per heavy atom. The lowest BCUT2D eigenvalue weighted by Gasteiger charge is -2.11. The highest BCUT2D eigenvalue weighted by Gasteiger charge is 2.10. The van der Waals surface area contributed by atoms with Gasteiger partial charge >= 0.3 is 0 Å². The number of hydrogen-bond acceptors (Lipinski definition) is 2. The van der Waals surface area contributed by atoms with Crippen LogP contribution in [0.5, 0.6) is 0 Å². The average molecular weight is 198 g/mol. The molecule has 3 heteroatoms. The molecule has 1 aromatic carbocycles. The number of ketones is 1. The highest BCUT2D eigenvalue weighted by Crippen LogP contribution is 2.22. The Morgan fingerprint density at radius 1 is 1.54 bits per heavy atom. The third-order valence-corrected chi connectivity index (χ3v) is 2.16. The summed E-state index contributed by atoms with van der Waals surface area (Å²) in [5.74, 6) is 0.0763. The number of rotatable bonds is 3. The van der Waals surface area contributed by atoms with Crippen LogP contribution in [0.15, 0.2) is 24.3 Å². The molecular formula is C10H12ClNO. The molecule has 1 unspecified atom stereocenters. The first-order valence-corrected chi connectivity index (χ1v) is 4.48. The molecule has 2 nitrogen and oxygen atoms in total. The van der Waals surface area contributed by atoms with Crippen molar-refractivity contribution in [1.82, 2.24) is 0 Å². The smallest absolute Gasteiger partial charge is 0.131 e. The van der Waals surface area contributed by atoms with Crippen LogP contribution in [-0.2, 0) is 4.79 Å². The number of carbonyl (C=O) groups is 1. The van der Waals surface area contributed by atoms with E-state index in [2.05, 4.69) is 0 Å². The van der Waals surface area contributed by atoms with E-state index in [0.29, 0.717) is 11.4 Å². The normalized spacial score (nSPS) is 12.5. The van der Waals surface area contributed by atoms with Crippen molar-refractivity contribution >= 4 is 17.4 Å². The van der Waals surface area contributed by atoms with Gasteiger partial charge in [0, 0.05) is 17.5 Å². The minimum atomic E-state index is -0.286. The van der Waals surface area contributed by atoms with Crippen LogP contribution in [0.4, 0.5) is 0 Å². The summed E-state index contributed by atoms with van der Waals surface area (Å²) < 4.78 is 0. The van der Waals surface area contributed by atoms with E-state index in [0.717, 1.165) is 5.56 Å². The van der Waals surface area contributed by atoms with Gasteiger partial charge in [0.1, 0.15) is 5.78 Å².